The van der Waals surface area contributed by atoms with Crippen LogP contribution < -0.4 is 4.74 Å². The highest BCUT2D eigenvalue weighted by Gasteiger charge is 2.18. The number of amides is 1. The Kier molecular flexibility index (Phi) is 4.76. The zero-order valence-electron chi connectivity index (χ0n) is 11.1. The fourth-order valence-electron chi connectivity index (χ4n) is 2.08. The highest BCUT2D eigenvalue weighted by atomic mass is 16.5. The predicted octanol–water partition coefficient (Wildman–Crippen LogP) is 0.725. The Morgan fingerprint density at radius 3 is 2.84 bits per heavy atom. The summed E-state index contributed by atoms with van der Waals surface area (Å²) in [6, 6.07) is 5.55. The van der Waals surface area contributed by atoms with Crippen molar-refractivity contribution in [3.63, 3.8) is 0 Å². The van der Waals surface area contributed by atoms with Gasteiger partial charge in [0.1, 0.15) is 5.75 Å². The highest BCUT2D eigenvalue weighted by molar-refractivity contribution is 5.78. The second-order valence-electron chi connectivity index (χ2n) is 4.50. The maximum Gasteiger partial charge on any atom is 0.260 e. The van der Waals surface area contributed by atoms with Gasteiger partial charge in [-0.3, -0.25) is 4.79 Å². The van der Waals surface area contributed by atoms with Crippen LogP contribution in [-0.2, 0) is 16.1 Å². The number of carbonyl (C=O) groups excluding carboxylic acids is 1. The summed E-state index contributed by atoms with van der Waals surface area (Å²) in [7, 11) is 0. The van der Waals surface area contributed by atoms with Gasteiger partial charge in [-0.2, -0.15) is 0 Å². The van der Waals surface area contributed by atoms with Gasteiger partial charge in [-0.15, -0.1) is 0 Å². The lowest BCUT2D eigenvalue weighted by Crippen LogP contribution is -2.43. The molecular formula is C14H19NO4. The molecule has 104 valence electrons. The first-order valence-corrected chi connectivity index (χ1v) is 6.40. The molecule has 0 bridgehead atoms. The van der Waals surface area contributed by atoms with E-state index in [9.17, 15) is 9.90 Å². The molecule has 0 aromatic heterocycles. The average Bonchev–Trinajstić information content (AvgIpc) is 2.46. The summed E-state index contributed by atoms with van der Waals surface area (Å²) >= 11 is 0. The van der Waals surface area contributed by atoms with Crippen LogP contribution in [0.25, 0.3) is 0 Å². The van der Waals surface area contributed by atoms with Crippen molar-refractivity contribution in [3.8, 4) is 5.75 Å². The summed E-state index contributed by atoms with van der Waals surface area (Å²) in [4.78, 5) is 13.7. The van der Waals surface area contributed by atoms with Gasteiger partial charge in [-0.05, 0) is 12.5 Å². The molecular weight excluding hydrogens is 246 g/mol. The van der Waals surface area contributed by atoms with Gasteiger partial charge in [0.05, 0.1) is 19.8 Å². The van der Waals surface area contributed by atoms with Crippen molar-refractivity contribution in [2.24, 2.45) is 0 Å². The van der Waals surface area contributed by atoms with Gasteiger partial charge in [-0.25, -0.2) is 0 Å². The molecule has 1 saturated heterocycles. The number of aliphatic hydroxyl groups excluding tert-OH is 1. The lowest BCUT2D eigenvalue weighted by molar-refractivity contribution is -0.137. The summed E-state index contributed by atoms with van der Waals surface area (Å²) in [5, 5.41) is 9.26. The monoisotopic (exact) mass is 265 g/mol. The molecule has 1 fully saturated rings. The molecule has 1 amide bonds. The van der Waals surface area contributed by atoms with Gasteiger partial charge in [0.15, 0.2) is 6.61 Å². The normalized spacial score (nSPS) is 15.4. The Morgan fingerprint density at radius 1 is 1.42 bits per heavy atom. The van der Waals surface area contributed by atoms with Gasteiger partial charge in [0.25, 0.3) is 5.91 Å². The Hall–Kier alpha value is -1.59. The maximum atomic E-state index is 12.0. The van der Waals surface area contributed by atoms with E-state index < -0.39 is 0 Å². The van der Waals surface area contributed by atoms with Crippen LogP contribution in [0.1, 0.15) is 11.1 Å². The Labute approximate surface area is 112 Å². The van der Waals surface area contributed by atoms with Crippen LogP contribution >= 0.6 is 0 Å². The molecule has 1 aliphatic rings. The molecule has 19 heavy (non-hydrogen) atoms. The number of nitrogens with zero attached hydrogens (tertiary/aromatic N) is 1. The molecule has 0 aliphatic carbocycles. The van der Waals surface area contributed by atoms with E-state index in [2.05, 4.69) is 0 Å². The van der Waals surface area contributed by atoms with Crippen LogP contribution in [-0.4, -0.2) is 48.8 Å². The minimum absolute atomic E-state index is 0.00213. The van der Waals surface area contributed by atoms with Crippen molar-refractivity contribution in [1.82, 2.24) is 4.90 Å². The molecule has 2 rings (SSSR count). The third-order valence-corrected chi connectivity index (χ3v) is 3.17. The molecule has 5 nitrogen and oxygen atoms in total. The van der Waals surface area contributed by atoms with E-state index in [1.165, 1.54) is 0 Å². The summed E-state index contributed by atoms with van der Waals surface area (Å²) in [6.45, 7) is 4.19. The summed E-state index contributed by atoms with van der Waals surface area (Å²) in [5.74, 6) is 0.557. The Morgan fingerprint density at radius 2 is 2.16 bits per heavy atom. The Balaban J connectivity index is 1.96. The van der Waals surface area contributed by atoms with Crippen molar-refractivity contribution in [2.45, 2.75) is 13.5 Å². The number of aryl methyl sites for hydroxylation is 1. The minimum Gasteiger partial charge on any atom is -0.483 e. The van der Waals surface area contributed by atoms with Crippen molar-refractivity contribution in [3.05, 3.63) is 29.3 Å². The quantitative estimate of drug-likeness (QED) is 0.871. The van der Waals surface area contributed by atoms with E-state index in [1.54, 1.807) is 11.0 Å². The number of carbonyl (C=O) groups is 1. The number of morpholine rings is 1. The van der Waals surface area contributed by atoms with Crippen molar-refractivity contribution in [1.29, 1.82) is 0 Å². The lowest BCUT2D eigenvalue weighted by Gasteiger charge is -2.27. The van der Waals surface area contributed by atoms with Crippen LogP contribution in [0, 0.1) is 6.92 Å². The number of hydrogen-bond acceptors (Lipinski definition) is 4. The zero-order valence-corrected chi connectivity index (χ0v) is 11.1. The second-order valence-corrected chi connectivity index (χ2v) is 4.50. The molecule has 1 aromatic carbocycles. The first-order chi connectivity index (χ1) is 9.22. The fourth-order valence-corrected chi connectivity index (χ4v) is 2.08. The first-order valence-electron chi connectivity index (χ1n) is 6.40. The zero-order chi connectivity index (χ0) is 13.7. The van der Waals surface area contributed by atoms with Gasteiger partial charge >= 0.3 is 0 Å². The molecule has 0 atom stereocenters. The predicted molar refractivity (Wildman–Crippen MR) is 70.0 cm³/mol. The average molecular weight is 265 g/mol. The number of benzene rings is 1. The molecule has 1 aliphatic heterocycles. The number of aliphatic hydroxyl groups is 1. The summed E-state index contributed by atoms with van der Waals surface area (Å²) in [6.07, 6.45) is 0. The standard InChI is InChI=1S/C14H19NO4/c1-11-3-2-4-12(9-16)14(11)19-10-13(17)15-5-7-18-8-6-15/h2-4,16H,5-10H2,1H3. The molecule has 0 radical (unpaired) electrons. The smallest absolute Gasteiger partial charge is 0.260 e. The van der Waals surface area contributed by atoms with Crippen LogP contribution in [0.2, 0.25) is 0 Å². The van der Waals surface area contributed by atoms with Crippen LogP contribution in [0.15, 0.2) is 18.2 Å². The summed E-state index contributed by atoms with van der Waals surface area (Å²) in [5.41, 5.74) is 1.62. The molecule has 1 N–H and O–H groups in total. The summed E-state index contributed by atoms with van der Waals surface area (Å²) < 4.78 is 10.8. The molecule has 0 saturated carbocycles. The molecule has 1 aromatic rings. The third-order valence-electron chi connectivity index (χ3n) is 3.17. The van der Waals surface area contributed by atoms with Crippen molar-refractivity contribution in [2.75, 3.05) is 32.9 Å². The van der Waals surface area contributed by atoms with E-state index in [0.717, 1.165) is 5.56 Å². The molecule has 0 spiro atoms. The van der Waals surface area contributed by atoms with E-state index in [4.69, 9.17) is 9.47 Å². The van der Waals surface area contributed by atoms with E-state index in [-0.39, 0.29) is 19.1 Å². The lowest BCUT2D eigenvalue weighted by atomic mass is 10.1. The number of ether oxygens (including phenoxy) is 2. The first kappa shape index (κ1) is 13.8. The Bertz CT molecular complexity index is 441. The van der Waals surface area contributed by atoms with Crippen molar-refractivity contribution < 1.29 is 19.4 Å². The largest absolute Gasteiger partial charge is 0.483 e. The molecule has 5 heteroatoms. The van der Waals surface area contributed by atoms with Gasteiger partial charge in [-0.1, -0.05) is 18.2 Å². The van der Waals surface area contributed by atoms with Crippen LogP contribution in [0.5, 0.6) is 5.75 Å². The van der Waals surface area contributed by atoms with Gasteiger partial charge in [0.2, 0.25) is 0 Å². The van der Waals surface area contributed by atoms with Gasteiger partial charge < -0.3 is 19.5 Å². The molecule has 0 unspecified atom stereocenters. The number of para-hydroxylation sites is 1. The van der Waals surface area contributed by atoms with Gasteiger partial charge in [0, 0.05) is 18.7 Å². The number of rotatable bonds is 4. The van der Waals surface area contributed by atoms with E-state index in [1.807, 2.05) is 19.1 Å². The molecule has 1 heterocycles. The highest BCUT2D eigenvalue weighted by Crippen LogP contribution is 2.23. The van der Waals surface area contributed by atoms with Crippen LogP contribution in [0.3, 0.4) is 0 Å². The minimum atomic E-state index is -0.0945. The SMILES string of the molecule is Cc1cccc(CO)c1OCC(=O)N1CCOCC1. The maximum absolute atomic E-state index is 12.0. The third kappa shape index (κ3) is 3.45. The fraction of sp³-hybridized carbons (Fsp3) is 0.500. The van der Waals surface area contributed by atoms with Crippen LogP contribution in [0.4, 0.5) is 0 Å². The van der Waals surface area contributed by atoms with Crippen molar-refractivity contribution >= 4 is 5.91 Å². The number of hydrogen-bond donors (Lipinski definition) is 1. The topological polar surface area (TPSA) is 59.0 Å². The second kappa shape index (κ2) is 6.54. The van der Waals surface area contributed by atoms with E-state index in [0.29, 0.717) is 37.6 Å². The van der Waals surface area contributed by atoms with E-state index >= 15 is 0 Å².